The van der Waals surface area contributed by atoms with Crippen LogP contribution in [0, 0.1) is 11.3 Å². The summed E-state index contributed by atoms with van der Waals surface area (Å²) in [5.41, 5.74) is 2.50. The van der Waals surface area contributed by atoms with Crippen LogP contribution in [0.15, 0.2) is 53.0 Å². The highest BCUT2D eigenvalue weighted by atomic mass is 32.2. The maximum absolute atomic E-state index is 11.8. The molecule has 2 N–H and O–H groups in total. The molecular weight excluding hydrogens is 410 g/mol. The van der Waals surface area contributed by atoms with E-state index in [0.717, 1.165) is 16.3 Å². The molecule has 3 rings (SSSR count). The Balaban J connectivity index is 1.61. The standard InChI is InChI=1S/C23H25N5O2S/c1-23(2,3)30-20(29)10-7-12-25-22-26-13-11-18(28-22)17(14-24)21-27-19(15-31-21)16-8-5-4-6-9-16/h4-6,8-9,11,13,15,27H,7,10,12H2,1-3H3,(H,25,26,28)/b21-17-. The third-order valence-corrected chi connectivity index (χ3v) is 5.03. The predicted octanol–water partition coefficient (Wildman–Crippen LogP) is 4.54. The van der Waals surface area contributed by atoms with Crippen molar-refractivity contribution in [2.45, 2.75) is 39.2 Å². The van der Waals surface area contributed by atoms with Gasteiger partial charge in [0, 0.05) is 24.6 Å². The van der Waals surface area contributed by atoms with E-state index >= 15 is 0 Å². The van der Waals surface area contributed by atoms with Crippen molar-refractivity contribution in [3.63, 3.8) is 0 Å². The van der Waals surface area contributed by atoms with Crippen LogP contribution >= 0.6 is 11.8 Å². The number of ether oxygens (including phenoxy) is 1. The number of nitriles is 1. The number of nitrogens with one attached hydrogen (secondary N) is 2. The van der Waals surface area contributed by atoms with E-state index in [1.165, 1.54) is 11.8 Å². The first kappa shape index (κ1) is 22.4. The van der Waals surface area contributed by atoms with Gasteiger partial charge in [0.05, 0.1) is 16.4 Å². The fourth-order valence-electron chi connectivity index (χ4n) is 2.81. The quantitative estimate of drug-likeness (QED) is 0.371. The van der Waals surface area contributed by atoms with E-state index in [1.54, 1.807) is 12.3 Å². The first-order valence-corrected chi connectivity index (χ1v) is 10.9. The van der Waals surface area contributed by atoms with Crippen LogP contribution in [0.2, 0.25) is 0 Å². The van der Waals surface area contributed by atoms with Crippen molar-refractivity contribution in [2.75, 3.05) is 11.9 Å². The van der Waals surface area contributed by atoms with Crippen molar-refractivity contribution < 1.29 is 9.53 Å². The number of aromatic nitrogens is 2. The summed E-state index contributed by atoms with van der Waals surface area (Å²) in [4.78, 5) is 20.5. The van der Waals surface area contributed by atoms with E-state index in [-0.39, 0.29) is 5.97 Å². The van der Waals surface area contributed by atoms with Gasteiger partial charge in [0.15, 0.2) is 0 Å². The summed E-state index contributed by atoms with van der Waals surface area (Å²) in [6.07, 6.45) is 2.52. The summed E-state index contributed by atoms with van der Waals surface area (Å²) >= 11 is 1.46. The number of hydrogen-bond acceptors (Lipinski definition) is 8. The van der Waals surface area contributed by atoms with Gasteiger partial charge < -0.3 is 15.4 Å². The number of nitrogens with zero attached hydrogens (tertiary/aromatic N) is 3. The molecule has 1 aromatic heterocycles. The molecule has 160 valence electrons. The molecule has 0 saturated carbocycles. The smallest absolute Gasteiger partial charge is 0.306 e. The van der Waals surface area contributed by atoms with E-state index in [0.29, 0.717) is 36.6 Å². The Morgan fingerprint density at radius 2 is 2.03 bits per heavy atom. The lowest BCUT2D eigenvalue weighted by Gasteiger charge is -2.19. The van der Waals surface area contributed by atoms with Gasteiger partial charge in [-0.25, -0.2) is 9.97 Å². The number of thioether (sulfide) groups is 1. The van der Waals surface area contributed by atoms with Gasteiger partial charge in [0.2, 0.25) is 5.95 Å². The topological polar surface area (TPSA) is 99.9 Å². The monoisotopic (exact) mass is 435 g/mol. The Labute approximate surface area is 186 Å². The summed E-state index contributed by atoms with van der Waals surface area (Å²) in [6, 6.07) is 13.9. The number of rotatable bonds is 7. The van der Waals surface area contributed by atoms with Crippen molar-refractivity contribution in [3.8, 4) is 6.07 Å². The first-order valence-electron chi connectivity index (χ1n) is 9.98. The number of anilines is 1. The van der Waals surface area contributed by atoms with Crippen LogP contribution in [0.5, 0.6) is 0 Å². The Morgan fingerprint density at radius 3 is 2.74 bits per heavy atom. The zero-order chi connectivity index (χ0) is 22.3. The van der Waals surface area contributed by atoms with Crippen molar-refractivity contribution in [1.82, 2.24) is 15.3 Å². The fourth-order valence-corrected chi connectivity index (χ4v) is 3.68. The van der Waals surface area contributed by atoms with Crippen LogP contribution in [0.1, 0.15) is 44.9 Å². The Kier molecular flexibility index (Phi) is 7.32. The number of hydrogen-bond donors (Lipinski definition) is 2. The second-order valence-electron chi connectivity index (χ2n) is 7.84. The average Bonchev–Trinajstić information content (AvgIpc) is 3.21. The number of esters is 1. The molecule has 1 aromatic carbocycles. The molecule has 0 spiro atoms. The minimum Gasteiger partial charge on any atom is -0.460 e. The Morgan fingerprint density at radius 1 is 1.26 bits per heavy atom. The minimum absolute atomic E-state index is 0.230. The van der Waals surface area contributed by atoms with Crippen molar-refractivity contribution in [3.05, 3.63) is 64.3 Å². The van der Waals surface area contributed by atoms with Crippen molar-refractivity contribution >= 4 is 34.9 Å². The molecule has 7 nitrogen and oxygen atoms in total. The molecule has 0 fully saturated rings. The first-order chi connectivity index (χ1) is 14.9. The molecule has 2 aromatic rings. The van der Waals surface area contributed by atoms with Crippen LogP contribution in [-0.4, -0.2) is 28.1 Å². The van der Waals surface area contributed by atoms with E-state index in [2.05, 4.69) is 26.7 Å². The number of allylic oxidation sites excluding steroid dienone is 1. The highest BCUT2D eigenvalue weighted by Gasteiger charge is 2.19. The SMILES string of the molecule is CC(C)(C)OC(=O)CCCNc1nccc(/C(C#N)=C2/NC(c3ccccc3)=CS2)n1. The lowest BCUT2D eigenvalue weighted by atomic mass is 10.1. The summed E-state index contributed by atoms with van der Waals surface area (Å²) in [5.74, 6) is 0.181. The second-order valence-corrected chi connectivity index (χ2v) is 8.72. The van der Waals surface area contributed by atoms with Gasteiger partial charge in [0.25, 0.3) is 0 Å². The molecule has 0 aliphatic carbocycles. The number of benzene rings is 1. The van der Waals surface area contributed by atoms with Gasteiger partial charge >= 0.3 is 5.97 Å². The van der Waals surface area contributed by atoms with E-state index in [1.807, 2.05) is 56.5 Å². The van der Waals surface area contributed by atoms with Crippen molar-refractivity contribution in [2.24, 2.45) is 0 Å². The van der Waals surface area contributed by atoms with Crippen LogP contribution in [0.25, 0.3) is 11.3 Å². The summed E-state index contributed by atoms with van der Waals surface area (Å²) in [6.45, 7) is 6.06. The highest BCUT2D eigenvalue weighted by molar-refractivity contribution is 8.06. The molecule has 1 aliphatic rings. The molecule has 0 atom stereocenters. The van der Waals surface area contributed by atoms with Crippen LogP contribution < -0.4 is 10.6 Å². The highest BCUT2D eigenvalue weighted by Crippen LogP contribution is 2.34. The number of carbonyl (C=O) groups excluding carboxylic acids is 1. The third kappa shape index (κ3) is 6.59. The molecule has 0 unspecified atom stereocenters. The van der Waals surface area contributed by atoms with Gasteiger partial charge in [-0.3, -0.25) is 4.79 Å². The Hall–Kier alpha value is -3.31. The zero-order valence-electron chi connectivity index (χ0n) is 17.8. The summed E-state index contributed by atoms with van der Waals surface area (Å²) < 4.78 is 5.30. The van der Waals surface area contributed by atoms with Gasteiger partial charge in [-0.05, 0) is 38.8 Å². The molecule has 1 aliphatic heterocycles. The second kappa shape index (κ2) is 10.1. The molecule has 8 heteroatoms. The maximum atomic E-state index is 11.8. The van der Waals surface area contributed by atoms with Crippen LogP contribution in [-0.2, 0) is 9.53 Å². The molecule has 0 saturated heterocycles. The largest absolute Gasteiger partial charge is 0.460 e. The van der Waals surface area contributed by atoms with Crippen LogP contribution in [0.3, 0.4) is 0 Å². The number of carbonyl (C=O) groups is 1. The normalized spacial score (nSPS) is 14.8. The third-order valence-electron chi connectivity index (χ3n) is 4.14. The van der Waals surface area contributed by atoms with E-state index in [9.17, 15) is 10.1 Å². The summed E-state index contributed by atoms with van der Waals surface area (Å²) in [5, 5.41) is 18.9. The van der Waals surface area contributed by atoms with Gasteiger partial charge in [0.1, 0.15) is 17.2 Å². The van der Waals surface area contributed by atoms with Gasteiger partial charge in [-0.1, -0.05) is 42.1 Å². The Bertz CT molecular complexity index is 1040. The molecule has 0 amide bonds. The maximum Gasteiger partial charge on any atom is 0.306 e. The molecular formula is C23H25N5O2S. The summed E-state index contributed by atoms with van der Waals surface area (Å²) in [7, 11) is 0. The van der Waals surface area contributed by atoms with Gasteiger partial charge in [-0.15, -0.1) is 0 Å². The van der Waals surface area contributed by atoms with Gasteiger partial charge in [-0.2, -0.15) is 5.26 Å². The molecule has 31 heavy (non-hydrogen) atoms. The molecule has 2 heterocycles. The minimum atomic E-state index is -0.481. The zero-order valence-corrected chi connectivity index (χ0v) is 18.6. The molecule has 0 radical (unpaired) electrons. The van der Waals surface area contributed by atoms with E-state index < -0.39 is 5.60 Å². The average molecular weight is 436 g/mol. The predicted molar refractivity (Wildman–Crippen MR) is 123 cm³/mol. The van der Waals surface area contributed by atoms with E-state index in [4.69, 9.17) is 4.74 Å². The lowest BCUT2D eigenvalue weighted by Crippen LogP contribution is -2.24. The lowest BCUT2D eigenvalue weighted by molar-refractivity contribution is -0.154. The van der Waals surface area contributed by atoms with Crippen LogP contribution in [0.4, 0.5) is 5.95 Å². The fraction of sp³-hybridized carbons (Fsp3) is 0.304. The van der Waals surface area contributed by atoms with Crippen molar-refractivity contribution in [1.29, 1.82) is 5.26 Å². The molecule has 0 bridgehead atoms.